The molecule has 0 aromatic heterocycles. The van der Waals surface area contributed by atoms with Crippen LogP contribution in [0.3, 0.4) is 0 Å². The van der Waals surface area contributed by atoms with Crippen molar-refractivity contribution in [2.24, 2.45) is 5.92 Å². The van der Waals surface area contributed by atoms with Crippen LogP contribution in [-0.4, -0.2) is 61.8 Å². The Morgan fingerprint density at radius 2 is 1.69 bits per heavy atom. The summed E-state index contributed by atoms with van der Waals surface area (Å²) < 4.78 is 27.2. The molecule has 0 unspecified atom stereocenters. The van der Waals surface area contributed by atoms with Crippen LogP contribution in [0.25, 0.3) is 0 Å². The molecule has 6 nitrogen and oxygen atoms in total. The molecule has 1 N–H and O–H groups in total. The highest BCUT2D eigenvalue weighted by Gasteiger charge is 2.34. The zero-order valence-corrected chi connectivity index (χ0v) is 19.2. The van der Waals surface area contributed by atoms with Crippen molar-refractivity contribution < 1.29 is 13.2 Å². The van der Waals surface area contributed by atoms with E-state index in [1.54, 1.807) is 6.07 Å². The maximum atomic E-state index is 12.9. The second-order valence-corrected chi connectivity index (χ2v) is 10.9. The minimum absolute atomic E-state index is 0.0199. The lowest BCUT2D eigenvalue weighted by Gasteiger charge is -2.36. The maximum absolute atomic E-state index is 12.9. The van der Waals surface area contributed by atoms with Crippen LogP contribution in [-0.2, 0) is 14.8 Å². The fraction of sp³-hybridized carbons (Fsp3) is 0.650. The summed E-state index contributed by atoms with van der Waals surface area (Å²) >= 11 is 12.0. The predicted molar refractivity (Wildman–Crippen MR) is 116 cm³/mol. The highest BCUT2D eigenvalue weighted by molar-refractivity contribution is 7.89. The summed E-state index contributed by atoms with van der Waals surface area (Å²) in [4.78, 5) is 15.1. The van der Waals surface area contributed by atoms with Gasteiger partial charge < -0.3 is 10.2 Å². The Bertz CT molecular complexity index is 831. The summed E-state index contributed by atoms with van der Waals surface area (Å²) in [5.74, 6) is -0.106. The molecule has 0 aliphatic carbocycles. The molecular weight excluding hydrogens is 433 g/mol. The summed E-state index contributed by atoms with van der Waals surface area (Å²) in [6.07, 6.45) is 2.94. The number of halogens is 2. The molecule has 162 valence electrons. The molecule has 2 aliphatic heterocycles. The van der Waals surface area contributed by atoms with Gasteiger partial charge in [0.25, 0.3) is 0 Å². The van der Waals surface area contributed by atoms with Gasteiger partial charge >= 0.3 is 0 Å². The minimum Gasteiger partial charge on any atom is -0.353 e. The monoisotopic (exact) mass is 461 g/mol. The van der Waals surface area contributed by atoms with E-state index >= 15 is 0 Å². The summed E-state index contributed by atoms with van der Waals surface area (Å²) in [7, 11) is -3.73. The third-order valence-electron chi connectivity index (χ3n) is 5.94. The normalized spacial score (nSPS) is 20.9. The lowest BCUT2D eigenvalue weighted by atomic mass is 9.95. The Kier molecular flexibility index (Phi) is 7.49. The van der Waals surface area contributed by atoms with Crippen molar-refractivity contribution in [2.75, 3.05) is 26.2 Å². The molecule has 1 aromatic carbocycles. The van der Waals surface area contributed by atoms with E-state index in [1.807, 2.05) is 0 Å². The topological polar surface area (TPSA) is 69.7 Å². The SMILES string of the molecule is CC(C)N1CCC(NC(=O)C2CCN(S(=O)(=O)c3cc(Cl)ccc3Cl)CC2)CC1. The van der Waals surface area contributed by atoms with Crippen LogP contribution in [0.4, 0.5) is 0 Å². The van der Waals surface area contributed by atoms with Gasteiger partial charge in [-0.05, 0) is 57.7 Å². The van der Waals surface area contributed by atoms with Gasteiger partial charge in [-0.1, -0.05) is 23.2 Å². The van der Waals surface area contributed by atoms with Gasteiger partial charge in [0.05, 0.1) is 5.02 Å². The Morgan fingerprint density at radius 1 is 1.07 bits per heavy atom. The molecule has 0 bridgehead atoms. The van der Waals surface area contributed by atoms with Crippen LogP contribution in [0, 0.1) is 5.92 Å². The van der Waals surface area contributed by atoms with Crippen molar-refractivity contribution in [2.45, 2.75) is 56.5 Å². The van der Waals surface area contributed by atoms with Gasteiger partial charge in [0, 0.05) is 49.2 Å². The van der Waals surface area contributed by atoms with E-state index in [0.717, 1.165) is 25.9 Å². The number of nitrogens with one attached hydrogen (secondary N) is 1. The van der Waals surface area contributed by atoms with Crippen molar-refractivity contribution in [1.82, 2.24) is 14.5 Å². The van der Waals surface area contributed by atoms with Crippen LogP contribution in [0.2, 0.25) is 10.0 Å². The lowest BCUT2D eigenvalue weighted by Crippen LogP contribution is -2.49. The van der Waals surface area contributed by atoms with Gasteiger partial charge in [0.1, 0.15) is 4.90 Å². The van der Waals surface area contributed by atoms with Crippen molar-refractivity contribution in [3.05, 3.63) is 28.2 Å². The number of hydrogen-bond donors (Lipinski definition) is 1. The molecule has 0 atom stereocenters. The Hall–Kier alpha value is -0.860. The number of carbonyl (C=O) groups is 1. The van der Waals surface area contributed by atoms with Crippen LogP contribution in [0.1, 0.15) is 39.5 Å². The molecule has 2 heterocycles. The molecule has 3 rings (SSSR count). The van der Waals surface area contributed by atoms with Crippen molar-refractivity contribution in [3.8, 4) is 0 Å². The third kappa shape index (κ3) is 5.44. The molecule has 2 aliphatic rings. The number of hydrogen-bond acceptors (Lipinski definition) is 4. The fourth-order valence-electron chi connectivity index (χ4n) is 4.05. The molecular formula is C20H29Cl2N3O3S. The number of rotatable bonds is 5. The van der Waals surface area contributed by atoms with Crippen molar-refractivity contribution >= 4 is 39.1 Å². The van der Waals surface area contributed by atoms with Gasteiger partial charge in [-0.3, -0.25) is 4.79 Å². The molecule has 0 spiro atoms. The van der Waals surface area contributed by atoms with Crippen LogP contribution in [0.15, 0.2) is 23.1 Å². The number of benzene rings is 1. The summed E-state index contributed by atoms with van der Waals surface area (Å²) in [5, 5.41) is 3.66. The first kappa shape index (κ1) is 22.8. The van der Waals surface area contributed by atoms with Gasteiger partial charge in [-0.15, -0.1) is 0 Å². The lowest BCUT2D eigenvalue weighted by molar-refractivity contribution is -0.127. The fourth-order valence-corrected chi connectivity index (χ4v) is 6.26. The number of nitrogens with zero attached hydrogens (tertiary/aromatic N) is 2. The highest BCUT2D eigenvalue weighted by Crippen LogP contribution is 2.30. The molecule has 29 heavy (non-hydrogen) atoms. The minimum atomic E-state index is -3.73. The molecule has 1 amide bonds. The Balaban J connectivity index is 1.54. The molecule has 2 fully saturated rings. The summed E-state index contributed by atoms with van der Waals surface area (Å²) in [5.41, 5.74) is 0. The van der Waals surface area contributed by atoms with E-state index in [2.05, 4.69) is 24.1 Å². The van der Waals surface area contributed by atoms with E-state index < -0.39 is 10.0 Å². The van der Waals surface area contributed by atoms with Crippen LogP contribution in [0.5, 0.6) is 0 Å². The molecule has 2 saturated heterocycles. The van der Waals surface area contributed by atoms with Crippen LogP contribution < -0.4 is 5.32 Å². The highest BCUT2D eigenvalue weighted by atomic mass is 35.5. The number of likely N-dealkylation sites (tertiary alicyclic amines) is 1. The molecule has 9 heteroatoms. The zero-order valence-electron chi connectivity index (χ0n) is 16.9. The second-order valence-electron chi connectivity index (χ2n) is 8.17. The smallest absolute Gasteiger partial charge is 0.244 e. The number of piperidine rings is 2. The van der Waals surface area contributed by atoms with Gasteiger partial charge in [-0.2, -0.15) is 4.31 Å². The molecule has 0 radical (unpaired) electrons. The molecule has 0 saturated carbocycles. The van der Waals surface area contributed by atoms with E-state index in [1.165, 1.54) is 16.4 Å². The largest absolute Gasteiger partial charge is 0.353 e. The summed E-state index contributed by atoms with van der Waals surface area (Å²) in [6, 6.07) is 5.17. The first-order chi connectivity index (χ1) is 13.7. The second kappa shape index (κ2) is 9.52. The van der Waals surface area contributed by atoms with Crippen molar-refractivity contribution in [1.29, 1.82) is 0 Å². The average Bonchev–Trinajstić information content (AvgIpc) is 2.70. The standard InChI is InChI=1S/C20H29Cl2N3O3S/c1-14(2)24-9-7-17(8-10-24)23-20(26)15-5-11-25(12-6-15)29(27,28)19-13-16(21)3-4-18(19)22/h3-4,13-15,17H,5-12H2,1-2H3,(H,23,26). The zero-order chi connectivity index (χ0) is 21.2. The van der Waals surface area contributed by atoms with E-state index in [9.17, 15) is 13.2 Å². The third-order valence-corrected chi connectivity index (χ3v) is 8.56. The Morgan fingerprint density at radius 3 is 2.28 bits per heavy atom. The predicted octanol–water partition coefficient (Wildman–Crippen LogP) is 3.38. The number of amides is 1. The Labute approximate surface area is 183 Å². The first-order valence-electron chi connectivity index (χ1n) is 10.2. The van der Waals surface area contributed by atoms with E-state index in [0.29, 0.717) is 37.0 Å². The average molecular weight is 462 g/mol. The maximum Gasteiger partial charge on any atom is 0.244 e. The first-order valence-corrected chi connectivity index (χ1v) is 12.4. The van der Waals surface area contributed by atoms with E-state index in [-0.39, 0.29) is 27.8 Å². The van der Waals surface area contributed by atoms with E-state index in [4.69, 9.17) is 23.2 Å². The quantitative estimate of drug-likeness (QED) is 0.729. The summed E-state index contributed by atoms with van der Waals surface area (Å²) in [6.45, 7) is 6.98. The number of carbonyl (C=O) groups excluding carboxylic acids is 1. The van der Waals surface area contributed by atoms with Gasteiger partial charge in [0.15, 0.2) is 0 Å². The van der Waals surface area contributed by atoms with Gasteiger partial charge in [0.2, 0.25) is 15.9 Å². The molecule has 1 aromatic rings. The van der Waals surface area contributed by atoms with Crippen LogP contribution >= 0.6 is 23.2 Å². The van der Waals surface area contributed by atoms with Crippen molar-refractivity contribution in [3.63, 3.8) is 0 Å². The van der Waals surface area contributed by atoms with Gasteiger partial charge in [-0.25, -0.2) is 8.42 Å². The number of sulfonamides is 1.